The van der Waals surface area contributed by atoms with E-state index >= 15 is 0 Å². The molecular formula is C22H20ClNO5. The zero-order chi connectivity index (χ0) is 20.8. The van der Waals surface area contributed by atoms with Gasteiger partial charge < -0.3 is 24.3 Å². The normalized spacial score (nSPS) is 10.2. The zero-order valence-electron chi connectivity index (χ0n) is 16.2. The molecule has 3 aromatic rings. The lowest BCUT2D eigenvalue weighted by Gasteiger charge is -2.12. The van der Waals surface area contributed by atoms with E-state index in [9.17, 15) is 4.79 Å². The molecule has 3 rings (SSSR count). The predicted molar refractivity (Wildman–Crippen MR) is 112 cm³/mol. The molecule has 29 heavy (non-hydrogen) atoms. The van der Waals surface area contributed by atoms with Gasteiger partial charge in [-0.25, -0.2) is 0 Å². The molecule has 0 radical (unpaired) electrons. The summed E-state index contributed by atoms with van der Waals surface area (Å²) in [5.41, 5.74) is 0.954. The van der Waals surface area contributed by atoms with Gasteiger partial charge in [0.05, 0.1) is 26.4 Å². The van der Waals surface area contributed by atoms with Crippen molar-refractivity contribution in [3.8, 4) is 28.7 Å². The molecule has 0 aliphatic carbocycles. The third-order valence-corrected chi connectivity index (χ3v) is 4.39. The van der Waals surface area contributed by atoms with Crippen molar-refractivity contribution in [1.82, 2.24) is 0 Å². The standard InChI is InChI=1S/C22H20ClNO5/c1-26-18-6-4-5-7-19(18)29-16-10-8-15(9-11-16)24-22(25)14-12-17(23)21(28-3)20(13-14)27-2/h4-13H,1-3H3,(H,24,25). The lowest BCUT2D eigenvalue weighted by molar-refractivity contribution is 0.102. The third-order valence-electron chi connectivity index (χ3n) is 4.10. The van der Waals surface area contributed by atoms with Crippen LogP contribution in [0.4, 0.5) is 5.69 Å². The highest BCUT2D eigenvalue weighted by molar-refractivity contribution is 6.32. The summed E-state index contributed by atoms with van der Waals surface area (Å²) in [4.78, 5) is 12.6. The minimum atomic E-state index is -0.328. The fraction of sp³-hybridized carbons (Fsp3) is 0.136. The van der Waals surface area contributed by atoms with Gasteiger partial charge in [0.15, 0.2) is 23.0 Å². The van der Waals surface area contributed by atoms with Crippen LogP contribution in [0.25, 0.3) is 0 Å². The number of nitrogens with one attached hydrogen (secondary N) is 1. The number of carbonyl (C=O) groups is 1. The maximum absolute atomic E-state index is 12.6. The van der Waals surface area contributed by atoms with E-state index < -0.39 is 0 Å². The van der Waals surface area contributed by atoms with Gasteiger partial charge in [0.2, 0.25) is 0 Å². The minimum Gasteiger partial charge on any atom is -0.493 e. The van der Waals surface area contributed by atoms with Crippen LogP contribution in [-0.2, 0) is 0 Å². The van der Waals surface area contributed by atoms with Crippen LogP contribution in [0.2, 0.25) is 5.02 Å². The number of ether oxygens (including phenoxy) is 4. The third kappa shape index (κ3) is 4.73. The van der Waals surface area contributed by atoms with Crippen molar-refractivity contribution in [2.24, 2.45) is 0 Å². The summed E-state index contributed by atoms with van der Waals surface area (Å²) in [5.74, 6) is 2.28. The van der Waals surface area contributed by atoms with Gasteiger partial charge in [0.25, 0.3) is 5.91 Å². The van der Waals surface area contributed by atoms with Crippen molar-refractivity contribution in [2.75, 3.05) is 26.6 Å². The van der Waals surface area contributed by atoms with Crippen LogP contribution in [0.5, 0.6) is 28.7 Å². The SMILES string of the molecule is COc1ccccc1Oc1ccc(NC(=O)c2cc(Cl)c(OC)c(OC)c2)cc1. The van der Waals surface area contributed by atoms with Crippen molar-refractivity contribution >= 4 is 23.2 Å². The summed E-state index contributed by atoms with van der Waals surface area (Å²) in [7, 11) is 4.55. The Labute approximate surface area is 173 Å². The van der Waals surface area contributed by atoms with E-state index in [0.29, 0.717) is 40.0 Å². The van der Waals surface area contributed by atoms with E-state index in [-0.39, 0.29) is 10.9 Å². The number of hydrogen-bond donors (Lipinski definition) is 1. The van der Waals surface area contributed by atoms with Gasteiger partial charge in [-0.05, 0) is 48.5 Å². The van der Waals surface area contributed by atoms with Gasteiger partial charge in [-0.2, -0.15) is 0 Å². The molecule has 3 aromatic carbocycles. The molecule has 0 aliphatic heterocycles. The molecule has 150 valence electrons. The average Bonchev–Trinajstić information content (AvgIpc) is 2.74. The molecule has 0 saturated carbocycles. The number of anilines is 1. The number of carbonyl (C=O) groups excluding carboxylic acids is 1. The summed E-state index contributed by atoms with van der Waals surface area (Å²) in [6.45, 7) is 0. The largest absolute Gasteiger partial charge is 0.493 e. The average molecular weight is 414 g/mol. The second kappa shape index (κ2) is 9.21. The fourth-order valence-corrected chi connectivity index (χ4v) is 2.98. The van der Waals surface area contributed by atoms with Crippen molar-refractivity contribution in [3.63, 3.8) is 0 Å². The Kier molecular flexibility index (Phi) is 6.46. The molecule has 0 heterocycles. The molecule has 1 amide bonds. The fourth-order valence-electron chi connectivity index (χ4n) is 2.69. The number of halogens is 1. The zero-order valence-corrected chi connectivity index (χ0v) is 16.9. The quantitative estimate of drug-likeness (QED) is 0.561. The highest BCUT2D eigenvalue weighted by Crippen LogP contribution is 2.36. The van der Waals surface area contributed by atoms with Gasteiger partial charge in [0, 0.05) is 11.3 Å². The molecule has 0 fully saturated rings. The molecule has 0 unspecified atom stereocenters. The lowest BCUT2D eigenvalue weighted by atomic mass is 10.1. The summed E-state index contributed by atoms with van der Waals surface area (Å²) in [6.07, 6.45) is 0. The van der Waals surface area contributed by atoms with Crippen LogP contribution in [0.1, 0.15) is 10.4 Å². The molecule has 0 spiro atoms. The topological polar surface area (TPSA) is 66.0 Å². The summed E-state index contributed by atoms with van der Waals surface area (Å²) >= 11 is 6.17. The van der Waals surface area contributed by atoms with E-state index in [2.05, 4.69) is 5.32 Å². The first-order valence-electron chi connectivity index (χ1n) is 8.69. The maximum atomic E-state index is 12.6. The highest BCUT2D eigenvalue weighted by Gasteiger charge is 2.15. The van der Waals surface area contributed by atoms with Crippen molar-refractivity contribution in [2.45, 2.75) is 0 Å². The summed E-state index contributed by atoms with van der Waals surface area (Å²) < 4.78 is 21.5. The van der Waals surface area contributed by atoms with Crippen molar-refractivity contribution in [1.29, 1.82) is 0 Å². The first kappa shape index (κ1) is 20.4. The first-order chi connectivity index (χ1) is 14.0. The molecule has 1 N–H and O–H groups in total. The molecule has 0 atom stereocenters. The van der Waals surface area contributed by atoms with Gasteiger partial charge >= 0.3 is 0 Å². The molecule has 0 saturated heterocycles. The first-order valence-corrected chi connectivity index (χ1v) is 9.07. The lowest BCUT2D eigenvalue weighted by Crippen LogP contribution is -2.12. The molecule has 7 heteroatoms. The van der Waals surface area contributed by atoms with Gasteiger partial charge in [-0.1, -0.05) is 23.7 Å². The van der Waals surface area contributed by atoms with Crippen LogP contribution in [0.3, 0.4) is 0 Å². The number of amides is 1. The van der Waals surface area contributed by atoms with E-state index in [1.165, 1.54) is 20.3 Å². The number of rotatable bonds is 7. The van der Waals surface area contributed by atoms with E-state index in [0.717, 1.165) is 0 Å². The Morgan fingerprint density at radius 1 is 0.828 bits per heavy atom. The second-order valence-electron chi connectivity index (χ2n) is 5.93. The molecule has 0 aromatic heterocycles. The number of benzene rings is 3. The number of hydrogen-bond acceptors (Lipinski definition) is 5. The Balaban J connectivity index is 1.73. The van der Waals surface area contributed by atoms with E-state index in [4.69, 9.17) is 30.5 Å². The van der Waals surface area contributed by atoms with Gasteiger partial charge in [-0.3, -0.25) is 4.79 Å². The summed E-state index contributed by atoms with van der Waals surface area (Å²) in [6, 6.07) is 17.4. The van der Waals surface area contributed by atoms with Crippen molar-refractivity contribution in [3.05, 3.63) is 71.2 Å². The monoisotopic (exact) mass is 413 g/mol. The maximum Gasteiger partial charge on any atom is 0.255 e. The van der Waals surface area contributed by atoms with Crippen molar-refractivity contribution < 1.29 is 23.7 Å². The summed E-state index contributed by atoms with van der Waals surface area (Å²) in [5, 5.41) is 3.10. The van der Waals surface area contributed by atoms with E-state index in [1.807, 2.05) is 24.3 Å². The van der Waals surface area contributed by atoms with Crippen LogP contribution >= 0.6 is 11.6 Å². The molecule has 0 bridgehead atoms. The molecular weight excluding hydrogens is 394 g/mol. The minimum absolute atomic E-state index is 0.289. The van der Waals surface area contributed by atoms with Gasteiger partial charge in [0.1, 0.15) is 5.75 Å². The van der Waals surface area contributed by atoms with Crippen LogP contribution in [0.15, 0.2) is 60.7 Å². The molecule has 6 nitrogen and oxygen atoms in total. The Hall–Kier alpha value is -3.38. The van der Waals surface area contributed by atoms with Crippen LogP contribution in [0, 0.1) is 0 Å². The Bertz CT molecular complexity index is 1000. The number of methoxy groups -OCH3 is 3. The second-order valence-corrected chi connectivity index (χ2v) is 6.33. The highest BCUT2D eigenvalue weighted by atomic mass is 35.5. The Morgan fingerprint density at radius 2 is 1.48 bits per heavy atom. The number of para-hydroxylation sites is 2. The van der Waals surface area contributed by atoms with Crippen LogP contribution in [-0.4, -0.2) is 27.2 Å². The molecule has 0 aliphatic rings. The van der Waals surface area contributed by atoms with E-state index in [1.54, 1.807) is 37.4 Å². The predicted octanol–water partition coefficient (Wildman–Crippen LogP) is 5.41. The van der Waals surface area contributed by atoms with Gasteiger partial charge in [-0.15, -0.1) is 0 Å². The van der Waals surface area contributed by atoms with Crippen LogP contribution < -0.4 is 24.3 Å². The smallest absolute Gasteiger partial charge is 0.255 e. The Morgan fingerprint density at radius 3 is 2.10 bits per heavy atom.